The number of anilines is 1. The van der Waals surface area contributed by atoms with Crippen molar-refractivity contribution in [1.29, 1.82) is 0 Å². The van der Waals surface area contributed by atoms with E-state index in [-0.39, 0.29) is 5.91 Å². The van der Waals surface area contributed by atoms with Crippen LogP contribution in [0, 0.1) is 0 Å². The first kappa shape index (κ1) is 22.3. The number of carbonyl (C=O) groups excluding carboxylic acids is 1. The zero-order chi connectivity index (χ0) is 24.5. The fourth-order valence-electron chi connectivity index (χ4n) is 4.87. The van der Waals surface area contributed by atoms with Crippen molar-refractivity contribution in [2.75, 3.05) is 31.1 Å². The van der Waals surface area contributed by atoms with E-state index >= 15 is 0 Å². The van der Waals surface area contributed by atoms with Crippen molar-refractivity contribution in [2.24, 2.45) is 0 Å². The Labute approximate surface area is 208 Å². The van der Waals surface area contributed by atoms with E-state index in [1.54, 1.807) is 12.1 Å². The molecule has 3 aromatic heterocycles. The van der Waals surface area contributed by atoms with E-state index in [0.717, 1.165) is 59.5 Å². The minimum absolute atomic E-state index is 0.0804. The zero-order valence-corrected chi connectivity index (χ0v) is 20.2. The number of fused-ring (bicyclic) bond motifs is 2. The van der Waals surface area contributed by atoms with Gasteiger partial charge >= 0.3 is 0 Å². The van der Waals surface area contributed by atoms with Crippen LogP contribution >= 0.6 is 0 Å². The molecule has 1 aliphatic rings. The molecule has 0 saturated carbocycles. The smallest absolute Gasteiger partial charge is 0.289 e. The third-order valence-corrected chi connectivity index (χ3v) is 6.67. The van der Waals surface area contributed by atoms with Crippen molar-refractivity contribution in [3.8, 4) is 11.3 Å². The van der Waals surface area contributed by atoms with Gasteiger partial charge in [-0.25, -0.2) is 4.98 Å². The number of hydrogen-bond acceptors (Lipinski definition) is 7. The molecular weight excluding hydrogens is 454 g/mol. The summed E-state index contributed by atoms with van der Waals surface area (Å²) in [6.45, 7) is 4.75. The molecule has 1 amide bonds. The van der Waals surface area contributed by atoms with Gasteiger partial charge in [-0.15, -0.1) is 0 Å². The summed E-state index contributed by atoms with van der Waals surface area (Å²) in [5, 5.41) is 7.57. The number of benzene rings is 2. The molecule has 1 fully saturated rings. The zero-order valence-electron chi connectivity index (χ0n) is 20.2. The molecule has 182 valence electrons. The standard InChI is InChI=1S/C28H27N5O3/c1-2-7-23-29-26(32-13-6-14-33(16-15-32)28(34)22-10-5-17-35-22)24-25(31-36-27(24)30-23)21-12-11-19-8-3-4-9-20(19)18-21/h3-5,8-12,17-18H,2,6-7,13-16H2,1H3. The van der Waals surface area contributed by atoms with Crippen LogP contribution in [0.25, 0.3) is 33.1 Å². The van der Waals surface area contributed by atoms with Gasteiger partial charge in [-0.3, -0.25) is 4.79 Å². The molecule has 4 heterocycles. The van der Waals surface area contributed by atoms with Gasteiger partial charge in [0.2, 0.25) is 0 Å². The van der Waals surface area contributed by atoms with Crippen molar-refractivity contribution < 1.29 is 13.7 Å². The fourth-order valence-corrected chi connectivity index (χ4v) is 4.87. The molecule has 0 atom stereocenters. The Kier molecular flexibility index (Phi) is 5.85. The van der Waals surface area contributed by atoms with Crippen molar-refractivity contribution in [3.63, 3.8) is 0 Å². The van der Waals surface area contributed by atoms with Gasteiger partial charge in [-0.05, 0) is 41.8 Å². The summed E-state index contributed by atoms with van der Waals surface area (Å²) >= 11 is 0. The maximum absolute atomic E-state index is 12.9. The van der Waals surface area contributed by atoms with Gasteiger partial charge in [0.05, 0.1) is 6.26 Å². The number of amides is 1. The summed E-state index contributed by atoms with van der Waals surface area (Å²) in [5.74, 6) is 1.85. The van der Waals surface area contributed by atoms with E-state index in [2.05, 4.69) is 52.3 Å². The van der Waals surface area contributed by atoms with Crippen LogP contribution in [0.4, 0.5) is 5.82 Å². The van der Waals surface area contributed by atoms with Crippen molar-refractivity contribution in [3.05, 3.63) is 72.4 Å². The number of nitrogens with zero attached hydrogens (tertiary/aromatic N) is 5. The van der Waals surface area contributed by atoms with Crippen LogP contribution in [0.15, 0.2) is 69.8 Å². The van der Waals surface area contributed by atoms with Crippen LogP contribution in [-0.4, -0.2) is 52.1 Å². The van der Waals surface area contributed by atoms with Crippen molar-refractivity contribution in [1.82, 2.24) is 20.0 Å². The van der Waals surface area contributed by atoms with Gasteiger partial charge in [0.15, 0.2) is 5.76 Å². The van der Waals surface area contributed by atoms with Crippen molar-refractivity contribution >= 4 is 33.6 Å². The lowest BCUT2D eigenvalue weighted by Gasteiger charge is -2.23. The van der Waals surface area contributed by atoms with Gasteiger partial charge in [0, 0.05) is 38.2 Å². The molecule has 36 heavy (non-hydrogen) atoms. The number of furan rings is 1. The summed E-state index contributed by atoms with van der Waals surface area (Å²) in [4.78, 5) is 26.6. The van der Waals surface area contributed by atoms with E-state index in [1.807, 2.05) is 17.0 Å². The molecule has 0 unspecified atom stereocenters. The maximum Gasteiger partial charge on any atom is 0.289 e. The Morgan fingerprint density at radius 3 is 2.69 bits per heavy atom. The summed E-state index contributed by atoms with van der Waals surface area (Å²) in [7, 11) is 0. The second kappa shape index (κ2) is 9.45. The first-order chi connectivity index (χ1) is 17.7. The Hall–Kier alpha value is -4.20. The lowest BCUT2D eigenvalue weighted by molar-refractivity contribution is 0.0735. The molecule has 2 aromatic carbocycles. The molecule has 5 aromatic rings. The first-order valence-electron chi connectivity index (χ1n) is 12.4. The van der Waals surface area contributed by atoms with E-state index in [9.17, 15) is 4.79 Å². The topological polar surface area (TPSA) is 88.5 Å². The number of aromatic nitrogens is 3. The van der Waals surface area contributed by atoms with Crippen LogP contribution in [-0.2, 0) is 6.42 Å². The largest absolute Gasteiger partial charge is 0.459 e. The first-order valence-corrected chi connectivity index (χ1v) is 12.4. The highest BCUT2D eigenvalue weighted by molar-refractivity contribution is 6.00. The normalized spacial score (nSPS) is 14.5. The fraction of sp³-hybridized carbons (Fsp3) is 0.286. The third-order valence-electron chi connectivity index (χ3n) is 6.67. The Balaban J connectivity index is 1.39. The molecule has 0 N–H and O–H groups in total. The SMILES string of the molecule is CCCc1nc(N2CCCN(C(=O)c3ccco3)CC2)c2c(-c3ccc4ccccc4c3)noc2n1. The minimum Gasteiger partial charge on any atom is -0.459 e. The van der Waals surface area contributed by atoms with Gasteiger partial charge in [-0.2, -0.15) is 4.98 Å². The van der Waals surface area contributed by atoms with Gasteiger partial charge < -0.3 is 18.7 Å². The van der Waals surface area contributed by atoms with Gasteiger partial charge in [-0.1, -0.05) is 48.5 Å². The maximum atomic E-state index is 12.9. The highest BCUT2D eigenvalue weighted by atomic mass is 16.5. The molecule has 0 spiro atoms. The molecule has 8 heteroatoms. The van der Waals surface area contributed by atoms with Crippen LogP contribution < -0.4 is 4.90 Å². The third kappa shape index (κ3) is 4.08. The van der Waals surface area contributed by atoms with Crippen LogP contribution in [0.1, 0.15) is 36.1 Å². The average Bonchev–Trinajstić information content (AvgIpc) is 3.53. The number of hydrogen-bond donors (Lipinski definition) is 0. The highest BCUT2D eigenvalue weighted by Crippen LogP contribution is 2.35. The molecule has 0 radical (unpaired) electrons. The average molecular weight is 482 g/mol. The van der Waals surface area contributed by atoms with Crippen molar-refractivity contribution in [2.45, 2.75) is 26.2 Å². The Morgan fingerprint density at radius 1 is 0.972 bits per heavy atom. The summed E-state index contributed by atoms with van der Waals surface area (Å²) in [6, 6.07) is 18.0. The van der Waals surface area contributed by atoms with E-state index < -0.39 is 0 Å². The van der Waals surface area contributed by atoms with Gasteiger partial charge in [0.1, 0.15) is 22.7 Å². The quantitative estimate of drug-likeness (QED) is 0.335. The molecule has 6 rings (SSSR count). The second-order valence-electron chi connectivity index (χ2n) is 9.10. The number of carbonyl (C=O) groups is 1. The molecule has 0 aliphatic carbocycles. The second-order valence-corrected chi connectivity index (χ2v) is 9.10. The minimum atomic E-state index is -0.0804. The molecule has 1 aliphatic heterocycles. The number of rotatable bonds is 5. The predicted molar refractivity (Wildman–Crippen MR) is 138 cm³/mol. The summed E-state index contributed by atoms with van der Waals surface area (Å²) < 4.78 is 11.1. The van der Waals surface area contributed by atoms with Crippen LogP contribution in [0.5, 0.6) is 0 Å². The Bertz CT molecular complexity index is 1530. The van der Waals surface area contributed by atoms with Crippen LogP contribution in [0.3, 0.4) is 0 Å². The highest BCUT2D eigenvalue weighted by Gasteiger charge is 2.26. The van der Waals surface area contributed by atoms with Gasteiger partial charge in [0.25, 0.3) is 11.6 Å². The molecule has 8 nitrogen and oxygen atoms in total. The summed E-state index contributed by atoms with van der Waals surface area (Å²) in [5.41, 5.74) is 2.20. The lowest BCUT2D eigenvalue weighted by Crippen LogP contribution is -2.35. The van der Waals surface area contributed by atoms with E-state index in [4.69, 9.17) is 13.9 Å². The van der Waals surface area contributed by atoms with E-state index in [1.165, 1.54) is 11.6 Å². The Morgan fingerprint density at radius 2 is 1.86 bits per heavy atom. The van der Waals surface area contributed by atoms with E-state index in [0.29, 0.717) is 31.1 Å². The van der Waals surface area contributed by atoms with Crippen LogP contribution in [0.2, 0.25) is 0 Å². The monoisotopic (exact) mass is 481 g/mol. The molecule has 0 bridgehead atoms. The lowest BCUT2D eigenvalue weighted by atomic mass is 10.0. The summed E-state index contributed by atoms with van der Waals surface area (Å²) in [6.07, 6.45) is 4.04. The molecular formula is C28H27N5O3. The number of aryl methyl sites for hydroxylation is 1. The molecule has 1 saturated heterocycles. The predicted octanol–water partition coefficient (Wildman–Crippen LogP) is 5.34.